The van der Waals surface area contributed by atoms with Gasteiger partial charge < -0.3 is 10.4 Å². The number of carbonyl (C=O) groups excluding carboxylic acids is 1. The van der Waals surface area contributed by atoms with Crippen LogP contribution in [0.5, 0.6) is 0 Å². The molecule has 94 valence electrons. The number of hydrogen-bond acceptors (Lipinski definition) is 4. The van der Waals surface area contributed by atoms with Crippen LogP contribution in [0.1, 0.15) is 24.3 Å². The Hall–Kier alpha value is -0.910. The summed E-state index contributed by atoms with van der Waals surface area (Å²) in [6.07, 6.45) is 0.505. The average molecular weight is 254 g/mol. The molecule has 2 heterocycles. The van der Waals surface area contributed by atoms with E-state index in [2.05, 4.69) is 5.32 Å². The maximum absolute atomic E-state index is 11.8. The number of aliphatic hydroxyl groups excluding tert-OH is 1. The van der Waals surface area contributed by atoms with E-state index >= 15 is 0 Å². The van der Waals surface area contributed by atoms with Crippen molar-refractivity contribution in [2.45, 2.75) is 25.5 Å². The van der Waals surface area contributed by atoms with Crippen molar-refractivity contribution in [3.8, 4) is 0 Å². The Morgan fingerprint density at radius 2 is 2.59 bits per heavy atom. The lowest BCUT2D eigenvalue weighted by atomic mass is 10.3. The summed E-state index contributed by atoms with van der Waals surface area (Å²) in [6.45, 7) is 3.79. The first kappa shape index (κ1) is 12.5. The normalized spacial score (nSPS) is 22.6. The van der Waals surface area contributed by atoms with Gasteiger partial charge in [0.15, 0.2) is 0 Å². The van der Waals surface area contributed by atoms with E-state index in [1.807, 2.05) is 29.3 Å². The Bertz CT molecular complexity index is 367. The SMILES string of the molecule is CC(NC(=O)CN1CCC(O)C1)c1cccs1. The van der Waals surface area contributed by atoms with Crippen molar-refractivity contribution < 1.29 is 9.90 Å². The highest BCUT2D eigenvalue weighted by molar-refractivity contribution is 7.10. The van der Waals surface area contributed by atoms with Crippen molar-refractivity contribution in [1.29, 1.82) is 0 Å². The van der Waals surface area contributed by atoms with E-state index < -0.39 is 0 Å². The number of hydrogen-bond donors (Lipinski definition) is 2. The van der Waals surface area contributed by atoms with Gasteiger partial charge in [0, 0.05) is 18.0 Å². The zero-order valence-corrected chi connectivity index (χ0v) is 10.7. The maximum Gasteiger partial charge on any atom is 0.234 e. The second-order valence-electron chi connectivity index (χ2n) is 4.48. The molecule has 1 aromatic heterocycles. The summed E-state index contributed by atoms with van der Waals surface area (Å²) in [5, 5.41) is 14.4. The molecule has 0 saturated carbocycles. The molecule has 1 aliphatic rings. The van der Waals surface area contributed by atoms with Gasteiger partial charge in [0.1, 0.15) is 0 Å². The Balaban J connectivity index is 1.77. The van der Waals surface area contributed by atoms with Crippen LogP contribution in [0, 0.1) is 0 Å². The van der Waals surface area contributed by atoms with E-state index in [4.69, 9.17) is 0 Å². The highest BCUT2D eigenvalue weighted by atomic mass is 32.1. The van der Waals surface area contributed by atoms with E-state index in [-0.39, 0.29) is 18.1 Å². The summed E-state index contributed by atoms with van der Waals surface area (Å²) in [4.78, 5) is 14.9. The summed E-state index contributed by atoms with van der Waals surface area (Å²) in [6, 6.07) is 4.07. The van der Waals surface area contributed by atoms with Crippen molar-refractivity contribution in [3.05, 3.63) is 22.4 Å². The van der Waals surface area contributed by atoms with Crippen LogP contribution in [0.3, 0.4) is 0 Å². The monoisotopic (exact) mass is 254 g/mol. The average Bonchev–Trinajstić information content (AvgIpc) is 2.89. The van der Waals surface area contributed by atoms with Crippen LogP contribution in [-0.4, -0.2) is 41.7 Å². The predicted octanol–water partition coefficient (Wildman–Crippen LogP) is 0.992. The molecule has 1 saturated heterocycles. The lowest BCUT2D eigenvalue weighted by Crippen LogP contribution is -2.37. The topological polar surface area (TPSA) is 52.6 Å². The van der Waals surface area contributed by atoms with Crippen LogP contribution in [0.15, 0.2) is 17.5 Å². The third-order valence-electron chi connectivity index (χ3n) is 2.96. The molecule has 0 bridgehead atoms. The van der Waals surface area contributed by atoms with E-state index in [0.717, 1.165) is 13.0 Å². The fourth-order valence-electron chi connectivity index (χ4n) is 2.05. The van der Waals surface area contributed by atoms with E-state index in [9.17, 15) is 9.90 Å². The largest absolute Gasteiger partial charge is 0.392 e. The highest BCUT2D eigenvalue weighted by Crippen LogP contribution is 2.18. The summed E-state index contributed by atoms with van der Waals surface area (Å²) in [5.41, 5.74) is 0. The molecule has 0 spiro atoms. The molecular formula is C12H18N2O2S. The number of nitrogens with one attached hydrogen (secondary N) is 1. The molecule has 1 aromatic rings. The molecule has 2 atom stereocenters. The molecule has 5 heteroatoms. The first-order valence-electron chi connectivity index (χ1n) is 5.88. The highest BCUT2D eigenvalue weighted by Gasteiger charge is 2.22. The van der Waals surface area contributed by atoms with Crippen molar-refractivity contribution in [2.24, 2.45) is 0 Å². The Morgan fingerprint density at radius 3 is 3.18 bits per heavy atom. The lowest BCUT2D eigenvalue weighted by Gasteiger charge is -2.17. The molecule has 0 aliphatic carbocycles. The van der Waals surface area contributed by atoms with Crippen molar-refractivity contribution in [2.75, 3.05) is 19.6 Å². The maximum atomic E-state index is 11.8. The standard InChI is InChI=1S/C12H18N2O2S/c1-9(11-3-2-6-17-11)13-12(16)8-14-5-4-10(15)7-14/h2-3,6,9-10,15H,4-5,7-8H2,1H3,(H,13,16). The number of nitrogens with zero attached hydrogens (tertiary/aromatic N) is 1. The molecule has 2 unspecified atom stereocenters. The molecule has 2 N–H and O–H groups in total. The van der Waals surface area contributed by atoms with Gasteiger partial charge in [0.2, 0.25) is 5.91 Å². The zero-order chi connectivity index (χ0) is 12.3. The number of likely N-dealkylation sites (tertiary alicyclic amines) is 1. The van der Waals surface area contributed by atoms with E-state index in [1.54, 1.807) is 11.3 Å². The second-order valence-corrected chi connectivity index (χ2v) is 5.46. The minimum absolute atomic E-state index is 0.0278. The van der Waals surface area contributed by atoms with Gasteiger partial charge in [0.05, 0.1) is 18.7 Å². The number of thiophene rings is 1. The Labute approximate surface area is 105 Å². The fourth-order valence-corrected chi connectivity index (χ4v) is 2.79. The van der Waals surface area contributed by atoms with Gasteiger partial charge in [-0.25, -0.2) is 0 Å². The number of carbonyl (C=O) groups is 1. The molecular weight excluding hydrogens is 236 g/mol. The van der Waals surface area contributed by atoms with Crippen molar-refractivity contribution >= 4 is 17.2 Å². The zero-order valence-electron chi connectivity index (χ0n) is 9.93. The van der Waals surface area contributed by atoms with Gasteiger partial charge in [0.25, 0.3) is 0 Å². The third kappa shape index (κ3) is 3.52. The summed E-state index contributed by atoms with van der Waals surface area (Å²) >= 11 is 1.65. The Kier molecular flexibility index (Phi) is 4.15. The van der Waals surface area contributed by atoms with Gasteiger partial charge in [-0.2, -0.15) is 0 Å². The van der Waals surface area contributed by atoms with E-state index in [0.29, 0.717) is 13.1 Å². The number of amides is 1. The molecule has 1 fully saturated rings. The minimum atomic E-state index is -0.266. The van der Waals surface area contributed by atoms with Crippen LogP contribution in [0.4, 0.5) is 0 Å². The molecule has 1 amide bonds. The number of β-amino-alcohol motifs (C(OH)–C–C–N with tert-alkyl or cyclic N) is 1. The van der Waals surface area contributed by atoms with Gasteiger partial charge in [-0.15, -0.1) is 11.3 Å². The van der Waals surface area contributed by atoms with Crippen LogP contribution in [0.2, 0.25) is 0 Å². The van der Waals surface area contributed by atoms with E-state index in [1.165, 1.54) is 4.88 Å². The molecule has 17 heavy (non-hydrogen) atoms. The van der Waals surface area contributed by atoms with Crippen molar-refractivity contribution in [1.82, 2.24) is 10.2 Å². The smallest absolute Gasteiger partial charge is 0.234 e. The quantitative estimate of drug-likeness (QED) is 0.842. The van der Waals surface area contributed by atoms with Crippen LogP contribution < -0.4 is 5.32 Å². The van der Waals surface area contributed by atoms with Gasteiger partial charge >= 0.3 is 0 Å². The molecule has 4 nitrogen and oxygen atoms in total. The first-order valence-corrected chi connectivity index (χ1v) is 6.76. The van der Waals surface area contributed by atoms with Crippen LogP contribution >= 0.6 is 11.3 Å². The lowest BCUT2D eigenvalue weighted by molar-refractivity contribution is -0.122. The van der Waals surface area contributed by atoms with Gasteiger partial charge in [-0.05, 0) is 24.8 Å². The summed E-state index contributed by atoms with van der Waals surface area (Å²) in [5.74, 6) is 0.0278. The minimum Gasteiger partial charge on any atom is -0.392 e. The predicted molar refractivity (Wildman–Crippen MR) is 67.9 cm³/mol. The summed E-state index contributed by atoms with van der Waals surface area (Å²) in [7, 11) is 0. The van der Waals surface area contributed by atoms with Crippen LogP contribution in [-0.2, 0) is 4.79 Å². The number of aliphatic hydroxyl groups is 1. The first-order chi connectivity index (χ1) is 8.15. The van der Waals surface area contributed by atoms with Gasteiger partial charge in [-0.1, -0.05) is 6.07 Å². The molecule has 0 radical (unpaired) electrons. The third-order valence-corrected chi connectivity index (χ3v) is 4.02. The molecule has 0 aromatic carbocycles. The fraction of sp³-hybridized carbons (Fsp3) is 0.583. The van der Waals surface area contributed by atoms with Gasteiger partial charge in [-0.3, -0.25) is 9.69 Å². The summed E-state index contributed by atoms with van der Waals surface area (Å²) < 4.78 is 0. The second kappa shape index (κ2) is 5.62. The molecule has 1 aliphatic heterocycles. The molecule has 2 rings (SSSR count). The van der Waals surface area contributed by atoms with Crippen molar-refractivity contribution in [3.63, 3.8) is 0 Å². The number of rotatable bonds is 4. The van der Waals surface area contributed by atoms with Crippen LogP contribution in [0.25, 0.3) is 0 Å². The Morgan fingerprint density at radius 1 is 1.76 bits per heavy atom.